The number of nitrogens with zero attached hydrogens (tertiary/aromatic N) is 2. The lowest BCUT2D eigenvalue weighted by molar-refractivity contribution is -0.141. The van der Waals surface area contributed by atoms with Gasteiger partial charge >= 0.3 is 0 Å². The Morgan fingerprint density at radius 3 is 2.23 bits per heavy atom. The van der Waals surface area contributed by atoms with E-state index in [1.165, 1.54) is 4.90 Å². The summed E-state index contributed by atoms with van der Waals surface area (Å²) in [6, 6.07) is 7.72. The average molecular weight is 425 g/mol. The fourth-order valence-electron chi connectivity index (χ4n) is 4.52. The van der Waals surface area contributed by atoms with Crippen molar-refractivity contribution in [1.29, 1.82) is 0 Å². The highest BCUT2D eigenvalue weighted by atomic mass is 19.1. The Bertz CT molecular complexity index is 1060. The van der Waals surface area contributed by atoms with Crippen molar-refractivity contribution in [3.05, 3.63) is 70.8 Å². The van der Waals surface area contributed by atoms with E-state index in [4.69, 9.17) is 10.7 Å². The summed E-state index contributed by atoms with van der Waals surface area (Å²) in [5, 5.41) is 0. The molecule has 2 amide bonds. The Hall–Kier alpha value is -3.42. The molecule has 6 nitrogen and oxygen atoms in total. The first-order valence-electron chi connectivity index (χ1n) is 10.1. The molecule has 8 heteroatoms. The number of amides is 2. The molecule has 1 unspecified atom stereocenters. The Kier molecular flexibility index (Phi) is 5.39. The lowest BCUT2D eigenvalue weighted by Gasteiger charge is -2.42. The molecular weight excluding hydrogens is 404 g/mol. The molecule has 1 heterocycles. The molecule has 1 aliphatic carbocycles. The summed E-state index contributed by atoms with van der Waals surface area (Å²) in [7, 11) is 0. The Morgan fingerprint density at radius 2 is 1.68 bits per heavy atom. The zero-order valence-corrected chi connectivity index (χ0v) is 16.7. The van der Waals surface area contributed by atoms with Crippen LogP contribution >= 0.6 is 0 Å². The van der Waals surface area contributed by atoms with Gasteiger partial charge in [-0.3, -0.25) is 24.3 Å². The lowest BCUT2D eigenvalue weighted by Crippen LogP contribution is -2.53. The molecule has 2 N–H and O–H groups in total. The van der Waals surface area contributed by atoms with Crippen LogP contribution in [-0.4, -0.2) is 34.4 Å². The zero-order chi connectivity index (χ0) is 22.2. The van der Waals surface area contributed by atoms with Gasteiger partial charge in [-0.1, -0.05) is 30.7 Å². The maximum Gasteiger partial charge on any atom is 0.275 e. The van der Waals surface area contributed by atoms with Gasteiger partial charge in [0.25, 0.3) is 5.91 Å². The van der Waals surface area contributed by atoms with Crippen molar-refractivity contribution in [1.82, 2.24) is 4.90 Å². The molecule has 1 saturated carbocycles. The zero-order valence-electron chi connectivity index (χ0n) is 16.7. The van der Waals surface area contributed by atoms with E-state index in [9.17, 15) is 23.2 Å². The molecule has 1 spiro atoms. The summed E-state index contributed by atoms with van der Waals surface area (Å²) in [6.45, 7) is 0. The molecule has 1 fully saturated rings. The molecule has 0 saturated heterocycles. The van der Waals surface area contributed by atoms with Crippen molar-refractivity contribution in [2.24, 2.45) is 10.7 Å². The summed E-state index contributed by atoms with van der Waals surface area (Å²) in [6.07, 6.45) is 4.24. The smallest absolute Gasteiger partial charge is 0.275 e. The maximum absolute atomic E-state index is 13.9. The van der Waals surface area contributed by atoms with E-state index < -0.39 is 35.2 Å². The number of rotatable bonds is 5. The van der Waals surface area contributed by atoms with Gasteiger partial charge in [0.2, 0.25) is 5.91 Å². The SMILES string of the molecule is NC(=O)C(c1cc(F)cc(F)c1)N1C(=O)C(c2ccc(C=O)cc2)=NC12CCCCC2. The van der Waals surface area contributed by atoms with Crippen LogP contribution in [0.2, 0.25) is 0 Å². The van der Waals surface area contributed by atoms with Crippen LogP contribution in [0.15, 0.2) is 47.5 Å². The van der Waals surface area contributed by atoms with Gasteiger partial charge in [-0.15, -0.1) is 0 Å². The van der Waals surface area contributed by atoms with Crippen LogP contribution in [-0.2, 0) is 9.59 Å². The highest BCUT2D eigenvalue weighted by molar-refractivity contribution is 6.47. The predicted octanol–water partition coefficient (Wildman–Crippen LogP) is 3.30. The maximum atomic E-state index is 13.9. The van der Waals surface area contributed by atoms with Gasteiger partial charge in [-0.05, 0) is 43.4 Å². The number of hydrogen-bond acceptors (Lipinski definition) is 4. The lowest BCUT2D eigenvalue weighted by atomic mass is 9.86. The molecule has 4 rings (SSSR count). The molecule has 160 valence electrons. The van der Waals surface area contributed by atoms with Crippen LogP contribution in [0.5, 0.6) is 0 Å². The van der Waals surface area contributed by atoms with E-state index in [1.807, 2.05) is 0 Å². The van der Waals surface area contributed by atoms with Crippen molar-refractivity contribution in [3.63, 3.8) is 0 Å². The van der Waals surface area contributed by atoms with Gasteiger partial charge < -0.3 is 5.73 Å². The number of aliphatic imine (C=N–C) groups is 1. The number of carbonyl (C=O) groups is 3. The first-order valence-corrected chi connectivity index (χ1v) is 10.1. The molecule has 31 heavy (non-hydrogen) atoms. The number of carbonyl (C=O) groups excluding carboxylic acids is 3. The monoisotopic (exact) mass is 425 g/mol. The standard InChI is InChI=1S/C23H21F2N3O3/c24-17-10-16(11-18(25)12-17)20(21(26)30)28-22(31)19(15-6-4-14(13-29)5-7-15)27-23(28)8-2-1-3-9-23/h4-7,10-13,20H,1-3,8-9H2,(H2,26,30). The largest absolute Gasteiger partial charge is 0.368 e. The van der Waals surface area contributed by atoms with E-state index in [1.54, 1.807) is 24.3 Å². The molecule has 0 bridgehead atoms. The average Bonchev–Trinajstić information content (AvgIpc) is 3.00. The van der Waals surface area contributed by atoms with E-state index >= 15 is 0 Å². The van der Waals surface area contributed by atoms with Crippen LogP contribution < -0.4 is 5.73 Å². The van der Waals surface area contributed by atoms with Crippen molar-refractivity contribution in [2.45, 2.75) is 43.8 Å². The second-order valence-corrected chi connectivity index (χ2v) is 7.93. The van der Waals surface area contributed by atoms with E-state index in [0.29, 0.717) is 36.3 Å². The number of aldehydes is 1. The molecule has 2 aromatic rings. The van der Waals surface area contributed by atoms with Gasteiger partial charge in [0, 0.05) is 17.2 Å². The summed E-state index contributed by atoms with van der Waals surface area (Å²) in [5.41, 5.74) is 5.69. The predicted molar refractivity (Wildman–Crippen MR) is 109 cm³/mol. The highest BCUT2D eigenvalue weighted by Crippen LogP contribution is 2.44. The summed E-state index contributed by atoms with van der Waals surface area (Å²) in [5.74, 6) is -3.15. The summed E-state index contributed by atoms with van der Waals surface area (Å²) in [4.78, 5) is 43.1. The van der Waals surface area contributed by atoms with Crippen molar-refractivity contribution >= 4 is 23.8 Å². The number of hydrogen-bond donors (Lipinski definition) is 1. The van der Waals surface area contributed by atoms with Crippen molar-refractivity contribution in [3.8, 4) is 0 Å². The Morgan fingerprint density at radius 1 is 1.06 bits per heavy atom. The fourth-order valence-corrected chi connectivity index (χ4v) is 4.52. The van der Waals surface area contributed by atoms with Gasteiger partial charge in [0.05, 0.1) is 0 Å². The van der Waals surface area contributed by atoms with Gasteiger partial charge in [0.1, 0.15) is 35.3 Å². The second-order valence-electron chi connectivity index (χ2n) is 7.93. The second kappa shape index (κ2) is 8.02. The quantitative estimate of drug-likeness (QED) is 0.745. The van der Waals surface area contributed by atoms with Gasteiger partial charge in [-0.25, -0.2) is 8.78 Å². The molecule has 0 radical (unpaired) electrons. The number of primary amides is 1. The molecule has 0 aromatic heterocycles. The van der Waals surface area contributed by atoms with Crippen LogP contribution in [0, 0.1) is 11.6 Å². The molecule has 1 aliphatic heterocycles. The number of benzene rings is 2. The third-order valence-corrected chi connectivity index (χ3v) is 5.89. The van der Waals surface area contributed by atoms with Crippen molar-refractivity contribution < 1.29 is 23.2 Å². The highest BCUT2D eigenvalue weighted by Gasteiger charge is 2.52. The van der Waals surface area contributed by atoms with Gasteiger partial charge in [-0.2, -0.15) is 0 Å². The Balaban J connectivity index is 1.83. The van der Waals surface area contributed by atoms with E-state index in [0.717, 1.165) is 31.4 Å². The summed E-state index contributed by atoms with van der Waals surface area (Å²) >= 11 is 0. The third-order valence-electron chi connectivity index (χ3n) is 5.89. The van der Waals surface area contributed by atoms with Crippen molar-refractivity contribution in [2.75, 3.05) is 0 Å². The van der Waals surface area contributed by atoms with E-state index in [-0.39, 0.29) is 11.3 Å². The minimum Gasteiger partial charge on any atom is -0.368 e. The topological polar surface area (TPSA) is 92.8 Å². The van der Waals surface area contributed by atoms with E-state index in [2.05, 4.69) is 0 Å². The van der Waals surface area contributed by atoms with Gasteiger partial charge in [0.15, 0.2) is 0 Å². The fraction of sp³-hybridized carbons (Fsp3) is 0.304. The van der Waals surface area contributed by atoms with Crippen LogP contribution in [0.3, 0.4) is 0 Å². The van der Waals surface area contributed by atoms with Crippen LogP contribution in [0.1, 0.15) is 59.6 Å². The molecule has 1 atom stereocenters. The number of halogens is 2. The van der Waals surface area contributed by atoms with Crippen LogP contribution in [0.25, 0.3) is 0 Å². The molecule has 2 aliphatic rings. The summed E-state index contributed by atoms with van der Waals surface area (Å²) < 4.78 is 27.9. The third kappa shape index (κ3) is 3.73. The Labute approximate surface area is 177 Å². The first kappa shape index (κ1) is 20.8. The first-order chi connectivity index (χ1) is 14.8. The normalized spacial score (nSPS) is 18.7. The minimum atomic E-state index is -1.37. The molecule has 2 aromatic carbocycles. The van der Waals surface area contributed by atoms with Crippen LogP contribution in [0.4, 0.5) is 8.78 Å². The minimum absolute atomic E-state index is 0.0314. The number of nitrogens with two attached hydrogens (primary N) is 1. The molecular formula is C23H21F2N3O3.